The molecule has 7 nitrogen and oxygen atoms in total. The first kappa shape index (κ1) is 31.3. The minimum absolute atomic E-state index is 0.0566. The molecule has 1 amide bonds. The van der Waals surface area contributed by atoms with E-state index < -0.39 is 35.0 Å². The summed E-state index contributed by atoms with van der Waals surface area (Å²) in [5.74, 6) is 0.0614. The van der Waals surface area contributed by atoms with E-state index in [9.17, 15) is 31.1 Å². The van der Waals surface area contributed by atoms with Crippen LogP contribution in [0.3, 0.4) is 0 Å². The van der Waals surface area contributed by atoms with Crippen LogP contribution in [0.25, 0.3) is 0 Å². The fourth-order valence-corrected chi connectivity index (χ4v) is 6.75. The number of alkyl halides is 6. The molecule has 0 bridgehead atoms. The molecule has 3 aromatic rings. The van der Waals surface area contributed by atoms with E-state index >= 15 is 0 Å². The van der Waals surface area contributed by atoms with Gasteiger partial charge in [0, 0.05) is 81.9 Å². The number of aromatic nitrogens is 2. The number of amides is 1. The highest BCUT2D eigenvalue weighted by atomic mass is 19.4. The monoisotopic (exact) mass is 632 g/mol. The molecule has 0 N–H and O–H groups in total. The number of nitrogens with zero attached hydrogens (tertiary/aromatic N) is 6. The highest BCUT2D eigenvalue weighted by molar-refractivity contribution is 5.95. The normalized spacial score (nSPS) is 22.4. The molecule has 2 unspecified atom stereocenters. The lowest BCUT2D eigenvalue weighted by Gasteiger charge is -2.50. The molecule has 2 atom stereocenters. The maximum atomic E-state index is 13.7. The second-order valence-electron chi connectivity index (χ2n) is 12.0. The maximum Gasteiger partial charge on any atom is 0.416 e. The summed E-state index contributed by atoms with van der Waals surface area (Å²) in [5.41, 5.74) is -2.62. The lowest BCUT2D eigenvalue weighted by atomic mass is 9.90. The molecule has 0 radical (unpaired) electrons. The van der Waals surface area contributed by atoms with Crippen molar-refractivity contribution in [2.45, 2.75) is 49.7 Å². The van der Waals surface area contributed by atoms with Gasteiger partial charge in [0.1, 0.15) is 5.82 Å². The van der Waals surface area contributed by atoms with Crippen molar-refractivity contribution in [3.63, 3.8) is 0 Å². The van der Waals surface area contributed by atoms with Crippen molar-refractivity contribution >= 4 is 11.7 Å². The van der Waals surface area contributed by atoms with E-state index in [0.717, 1.165) is 50.6 Å². The van der Waals surface area contributed by atoms with Crippen LogP contribution in [0, 0.1) is 0 Å². The Balaban J connectivity index is 1.14. The highest BCUT2D eigenvalue weighted by Crippen LogP contribution is 2.37. The van der Waals surface area contributed by atoms with E-state index in [0.29, 0.717) is 37.4 Å². The summed E-state index contributed by atoms with van der Waals surface area (Å²) < 4.78 is 81.3. The van der Waals surface area contributed by atoms with Crippen LogP contribution in [-0.2, 0) is 18.8 Å². The molecule has 2 aromatic carbocycles. The number of piperidine rings is 1. The van der Waals surface area contributed by atoms with Gasteiger partial charge >= 0.3 is 12.4 Å². The zero-order chi connectivity index (χ0) is 31.8. The second-order valence-corrected chi connectivity index (χ2v) is 12.0. The van der Waals surface area contributed by atoms with E-state index in [-0.39, 0.29) is 24.7 Å². The van der Waals surface area contributed by atoms with E-state index in [1.54, 1.807) is 18.6 Å². The number of halogens is 6. The number of likely N-dealkylation sites (tertiary alicyclic amines) is 1. The molecule has 1 aromatic heterocycles. The summed E-state index contributed by atoms with van der Waals surface area (Å²) in [6, 6.07) is 10.8. The van der Waals surface area contributed by atoms with Gasteiger partial charge in [0.2, 0.25) is 0 Å². The quantitative estimate of drug-likeness (QED) is 0.347. The summed E-state index contributed by atoms with van der Waals surface area (Å²) in [7, 11) is 0. The van der Waals surface area contributed by atoms with Gasteiger partial charge in [-0.05, 0) is 43.0 Å². The van der Waals surface area contributed by atoms with Crippen molar-refractivity contribution in [2.75, 3.05) is 50.7 Å². The number of rotatable bonds is 6. The largest absolute Gasteiger partial charge is 0.416 e. The van der Waals surface area contributed by atoms with Crippen molar-refractivity contribution in [3.05, 3.63) is 89.4 Å². The van der Waals surface area contributed by atoms with E-state index in [4.69, 9.17) is 0 Å². The third-order valence-corrected chi connectivity index (χ3v) is 9.22. The molecule has 45 heavy (non-hydrogen) atoms. The molecule has 4 heterocycles. The van der Waals surface area contributed by atoms with Crippen LogP contribution < -0.4 is 4.90 Å². The van der Waals surface area contributed by atoms with Crippen molar-refractivity contribution < 1.29 is 31.1 Å². The number of benzene rings is 2. The van der Waals surface area contributed by atoms with Gasteiger partial charge in [0.15, 0.2) is 0 Å². The Morgan fingerprint density at radius 2 is 1.42 bits per heavy atom. The van der Waals surface area contributed by atoms with E-state index in [1.165, 1.54) is 4.90 Å². The first-order valence-electron chi connectivity index (χ1n) is 15.1. The van der Waals surface area contributed by atoms with Crippen LogP contribution >= 0.6 is 0 Å². The average molecular weight is 633 g/mol. The number of piperazine rings is 1. The predicted octanol–water partition coefficient (Wildman–Crippen LogP) is 5.24. The van der Waals surface area contributed by atoms with Gasteiger partial charge in [0.05, 0.1) is 17.3 Å². The molecular weight excluding hydrogens is 598 g/mol. The summed E-state index contributed by atoms with van der Waals surface area (Å²) in [4.78, 5) is 30.8. The van der Waals surface area contributed by atoms with Crippen LogP contribution in [0.1, 0.15) is 39.9 Å². The molecule has 0 saturated carbocycles. The van der Waals surface area contributed by atoms with Crippen molar-refractivity contribution in [2.24, 2.45) is 0 Å². The Bertz CT molecular complexity index is 1420. The van der Waals surface area contributed by atoms with Crippen LogP contribution in [0.15, 0.2) is 67.1 Å². The number of carbonyl (C=O) groups excluding carboxylic acids is 1. The van der Waals surface area contributed by atoms with Crippen LogP contribution in [0.2, 0.25) is 0 Å². The molecule has 0 aliphatic carbocycles. The fourth-order valence-electron chi connectivity index (χ4n) is 6.75. The smallest absolute Gasteiger partial charge is 0.352 e. The van der Waals surface area contributed by atoms with Crippen molar-refractivity contribution in [1.29, 1.82) is 0 Å². The topological polar surface area (TPSA) is 55.8 Å². The van der Waals surface area contributed by atoms with Gasteiger partial charge < -0.3 is 9.80 Å². The Morgan fingerprint density at radius 3 is 2.00 bits per heavy atom. The Labute approximate surface area is 257 Å². The maximum absolute atomic E-state index is 13.7. The Morgan fingerprint density at radius 1 is 0.800 bits per heavy atom. The lowest BCUT2D eigenvalue weighted by Crippen LogP contribution is -2.64. The molecule has 3 fully saturated rings. The summed E-state index contributed by atoms with van der Waals surface area (Å²) in [5, 5.41) is 0. The van der Waals surface area contributed by atoms with Gasteiger partial charge in [-0.1, -0.05) is 30.3 Å². The number of anilines is 1. The van der Waals surface area contributed by atoms with Gasteiger partial charge in [0.25, 0.3) is 5.91 Å². The lowest BCUT2D eigenvalue weighted by molar-refractivity contribution is -0.143. The Hall–Kier alpha value is -3.71. The van der Waals surface area contributed by atoms with E-state index in [1.807, 2.05) is 30.3 Å². The predicted molar refractivity (Wildman–Crippen MR) is 156 cm³/mol. The summed E-state index contributed by atoms with van der Waals surface area (Å²) >= 11 is 0. The first-order chi connectivity index (χ1) is 21.5. The molecule has 0 spiro atoms. The number of carbonyl (C=O) groups is 1. The number of hydrogen-bond donors (Lipinski definition) is 0. The molecule has 3 aliphatic heterocycles. The molecule has 6 rings (SSSR count). The summed E-state index contributed by atoms with van der Waals surface area (Å²) in [6.07, 6.45) is -3.33. The third-order valence-electron chi connectivity index (χ3n) is 9.22. The van der Waals surface area contributed by atoms with Crippen molar-refractivity contribution in [1.82, 2.24) is 24.7 Å². The van der Waals surface area contributed by atoms with Crippen LogP contribution in [0.4, 0.5) is 32.2 Å². The second kappa shape index (κ2) is 12.6. The third kappa shape index (κ3) is 7.09. The van der Waals surface area contributed by atoms with Gasteiger partial charge in [-0.2, -0.15) is 26.3 Å². The van der Waals surface area contributed by atoms with Crippen LogP contribution in [-0.4, -0.2) is 94.5 Å². The molecule has 240 valence electrons. The van der Waals surface area contributed by atoms with Gasteiger partial charge in [-0.25, -0.2) is 4.98 Å². The highest BCUT2D eigenvalue weighted by Gasteiger charge is 2.41. The molecule has 3 aliphatic rings. The van der Waals surface area contributed by atoms with E-state index in [2.05, 4.69) is 24.7 Å². The first-order valence-corrected chi connectivity index (χ1v) is 15.1. The van der Waals surface area contributed by atoms with Gasteiger partial charge in [-0.15, -0.1) is 0 Å². The summed E-state index contributed by atoms with van der Waals surface area (Å²) in [6.45, 7) is 5.52. The number of hydrogen-bond acceptors (Lipinski definition) is 6. The fraction of sp³-hybridized carbons (Fsp3) is 0.469. The molecule has 3 saturated heterocycles. The Kier molecular flexibility index (Phi) is 8.75. The zero-order valence-electron chi connectivity index (χ0n) is 24.5. The standard InChI is InChI=1S/C32H34F6N6O/c33-31(34,35)24-15-23(16-25(17-24)32(36,37)38)30(45)44-9-6-26(18-27(44)14-22-4-2-1-3-5-22)41-10-12-42(13-11-41)28-20-43(21-28)29-19-39-7-8-40-29/h1-5,7-8,15-17,19,26-28H,6,9-14,18,20-21H2. The van der Waals surface area contributed by atoms with Crippen LogP contribution in [0.5, 0.6) is 0 Å². The molecule has 13 heteroatoms. The zero-order valence-corrected chi connectivity index (χ0v) is 24.5. The SMILES string of the molecule is O=C(c1cc(C(F)(F)F)cc(C(F)(F)F)c1)N1CCC(N2CCN(C3CN(c4cnccn4)C3)CC2)CC1Cc1ccccc1. The van der Waals surface area contributed by atoms with Crippen molar-refractivity contribution in [3.8, 4) is 0 Å². The minimum atomic E-state index is -5.03. The minimum Gasteiger partial charge on any atom is -0.352 e. The van der Waals surface area contributed by atoms with Gasteiger partial charge in [-0.3, -0.25) is 19.6 Å². The molecular formula is C32H34F6N6O. The average Bonchev–Trinajstić information content (AvgIpc) is 3.00.